The van der Waals surface area contributed by atoms with Crippen LogP contribution in [-0.2, 0) is 0 Å². The van der Waals surface area contributed by atoms with Crippen LogP contribution in [0.1, 0.15) is 16.7 Å². The van der Waals surface area contributed by atoms with Crippen molar-refractivity contribution in [3.8, 4) is 0 Å². The van der Waals surface area contributed by atoms with Crippen LogP contribution in [0.4, 0.5) is 22.0 Å². The minimum atomic E-state index is -5.76. The summed E-state index contributed by atoms with van der Waals surface area (Å²) in [6.45, 7) is 0. The molecule has 6 heteroatoms. The standard InChI is InChI=1S/C22H14ClF5/c23-18-13-11-16(12-14-18)19(15-7-3-1-4-8-15)20(17-9-5-2-6-10-17)21(24,25)22(26,27)28/h1-14H/b20-19-. The Morgan fingerprint density at radius 1 is 0.571 bits per heavy atom. The van der Waals surface area contributed by atoms with Crippen molar-refractivity contribution in [2.75, 3.05) is 0 Å². The summed E-state index contributed by atoms with van der Waals surface area (Å²) < 4.78 is 69.8. The molecule has 3 aromatic rings. The summed E-state index contributed by atoms with van der Waals surface area (Å²) in [6, 6.07) is 20.5. The van der Waals surface area contributed by atoms with Gasteiger partial charge in [-0.25, -0.2) is 0 Å². The summed E-state index contributed by atoms with van der Waals surface area (Å²) in [6.07, 6.45) is -5.76. The van der Waals surface area contributed by atoms with Gasteiger partial charge in [0, 0.05) is 10.6 Å². The monoisotopic (exact) mass is 408 g/mol. The van der Waals surface area contributed by atoms with E-state index in [1.165, 1.54) is 60.7 Å². The van der Waals surface area contributed by atoms with E-state index in [2.05, 4.69) is 0 Å². The van der Waals surface area contributed by atoms with Gasteiger partial charge in [0.2, 0.25) is 0 Å². The van der Waals surface area contributed by atoms with Crippen LogP contribution < -0.4 is 0 Å². The van der Waals surface area contributed by atoms with Gasteiger partial charge in [-0.1, -0.05) is 84.4 Å². The van der Waals surface area contributed by atoms with Crippen LogP contribution in [0.25, 0.3) is 11.1 Å². The van der Waals surface area contributed by atoms with Crippen molar-refractivity contribution in [3.05, 3.63) is 107 Å². The zero-order valence-electron chi connectivity index (χ0n) is 14.4. The third kappa shape index (κ3) is 3.94. The molecule has 0 fully saturated rings. The fraction of sp³-hybridized carbons (Fsp3) is 0.0909. The molecule has 28 heavy (non-hydrogen) atoms. The van der Waals surface area contributed by atoms with Gasteiger partial charge in [0.05, 0.1) is 0 Å². The lowest BCUT2D eigenvalue weighted by atomic mass is 9.86. The molecule has 3 aromatic carbocycles. The maximum Gasteiger partial charge on any atom is 0.458 e. The molecule has 0 unspecified atom stereocenters. The first-order valence-electron chi connectivity index (χ1n) is 8.28. The first kappa shape index (κ1) is 20.1. The van der Waals surface area contributed by atoms with Crippen LogP contribution in [0.15, 0.2) is 84.9 Å². The van der Waals surface area contributed by atoms with Crippen LogP contribution in [0.5, 0.6) is 0 Å². The van der Waals surface area contributed by atoms with E-state index in [4.69, 9.17) is 11.6 Å². The van der Waals surface area contributed by atoms with E-state index in [0.29, 0.717) is 5.02 Å². The molecule has 0 radical (unpaired) electrons. The summed E-state index contributed by atoms with van der Waals surface area (Å²) in [5.41, 5.74) is -1.07. The zero-order valence-corrected chi connectivity index (χ0v) is 15.1. The Labute approximate surface area is 163 Å². The second-order valence-corrected chi connectivity index (χ2v) is 6.50. The van der Waals surface area contributed by atoms with Crippen molar-refractivity contribution in [2.45, 2.75) is 12.1 Å². The lowest BCUT2D eigenvalue weighted by Gasteiger charge is -2.26. The summed E-state index contributed by atoms with van der Waals surface area (Å²) in [7, 11) is 0. The van der Waals surface area contributed by atoms with Gasteiger partial charge in [0.15, 0.2) is 0 Å². The van der Waals surface area contributed by atoms with Crippen LogP contribution in [0, 0.1) is 0 Å². The summed E-state index contributed by atoms with van der Waals surface area (Å²) in [4.78, 5) is 0. The first-order valence-corrected chi connectivity index (χ1v) is 8.65. The summed E-state index contributed by atoms with van der Waals surface area (Å²) in [5, 5.41) is 0.347. The molecule has 144 valence electrons. The Hall–Kier alpha value is -2.66. The maximum atomic E-state index is 14.8. The minimum Gasteiger partial charge on any atom is -0.191 e. The molecule has 0 spiro atoms. The zero-order chi connectivity index (χ0) is 20.4. The molecule has 0 bridgehead atoms. The molecule has 0 amide bonds. The van der Waals surface area contributed by atoms with E-state index >= 15 is 0 Å². The average molecular weight is 409 g/mol. The van der Waals surface area contributed by atoms with Crippen molar-refractivity contribution in [3.63, 3.8) is 0 Å². The lowest BCUT2D eigenvalue weighted by Crippen LogP contribution is -2.38. The number of halogens is 6. The molecule has 0 saturated heterocycles. The molecule has 0 atom stereocenters. The topological polar surface area (TPSA) is 0 Å². The smallest absolute Gasteiger partial charge is 0.191 e. The van der Waals surface area contributed by atoms with Crippen LogP contribution in [0.2, 0.25) is 5.02 Å². The first-order chi connectivity index (χ1) is 13.2. The van der Waals surface area contributed by atoms with Crippen molar-refractivity contribution in [1.82, 2.24) is 0 Å². The second-order valence-electron chi connectivity index (χ2n) is 6.06. The van der Waals surface area contributed by atoms with Crippen molar-refractivity contribution in [2.24, 2.45) is 0 Å². The van der Waals surface area contributed by atoms with E-state index < -0.39 is 17.7 Å². The molecule has 0 N–H and O–H groups in total. The van der Waals surface area contributed by atoms with Gasteiger partial charge in [0.25, 0.3) is 0 Å². The van der Waals surface area contributed by atoms with Gasteiger partial charge < -0.3 is 0 Å². The van der Waals surface area contributed by atoms with E-state index in [1.54, 1.807) is 24.3 Å². The predicted molar refractivity (Wildman–Crippen MR) is 101 cm³/mol. The lowest BCUT2D eigenvalue weighted by molar-refractivity contribution is -0.253. The van der Waals surface area contributed by atoms with Gasteiger partial charge in [-0.05, 0) is 34.4 Å². The molecule has 0 saturated carbocycles. The molecule has 0 aromatic heterocycles. The van der Waals surface area contributed by atoms with Gasteiger partial charge in [-0.3, -0.25) is 0 Å². The third-order valence-corrected chi connectivity index (χ3v) is 4.43. The van der Waals surface area contributed by atoms with Gasteiger partial charge in [-0.2, -0.15) is 22.0 Å². The van der Waals surface area contributed by atoms with Crippen LogP contribution in [-0.4, -0.2) is 12.1 Å². The van der Waals surface area contributed by atoms with Crippen molar-refractivity contribution >= 4 is 22.7 Å². The molecule has 0 heterocycles. The van der Waals surface area contributed by atoms with E-state index in [1.807, 2.05) is 0 Å². The van der Waals surface area contributed by atoms with Crippen molar-refractivity contribution < 1.29 is 22.0 Å². The normalized spacial score (nSPS) is 13.2. The quantitative estimate of drug-likeness (QED) is 0.310. The molecule has 3 rings (SSSR count). The molecule has 0 aliphatic heterocycles. The Kier molecular flexibility index (Phi) is 5.57. The highest BCUT2D eigenvalue weighted by atomic mass is 35.5. The summed E-state index contributed by atoms with van der Waals surface area (Å²) >= 11 is 5.88. The second kappa shape index (κ2) is 7.76. The number of hydrogen-bond acceptors (Lipinski definition) is 0. The van der Waals surface area contributed by atoms with E-state index in [-0.39, 0.29) is 22.3 Å². The fourth-order valence-corrected chi connectivity index (χ4v) is 3.03. The third-order valence-electron chi connectivity index (χ3n) is 4.18. The number of alkyl halides is 5. The van der Waals surface area contributed by atoms with E-state index in [0.717, 1.165) is 0 Å². The predicted octanol–water partition coefficient (Wildman–Crippen LogP) is 7.50. The molecule has 0 aliphatic rings. The fourth-order valence-electron chi connectivity index (χ4n) is 2.91. The highest BCUT2D eigenvalue weighted by Gasteiger charge is 2.61. The summed E-state index contributed by atoms with van der Waals surface area (Å²) in [5.74, 6) is -5.07. The van der Waals surface area contributed by atoms with Crippen LogP contribution >= 0.6 is 11.6 Å². The Balaban J connectivity index is 2.44. The molecule has 0 aliphatic carbocycles. The number of allylic oxidation sites excluding steroid dienone is 1. The largest absolute Gasteiger partial charge is 0.458 e. The maximum absolute atomic E-state index is 14.8. The van der Waals surface area contributed by atoms with E-state index in [9.17, 15) is 22.0 Å². The van der Waals surface area contributed by atoms with Gasteiger partial charge in [0.1, 0.15) is 0 Å². The Bertz CT molecular complexity index is 959. The number of hydrogen-bond donors (Lipinski definition) is 0. The SMILES string of the molecule is FC(F)(F)C(F)(F)/C(=C(/c1ccccc1)c1ccc(Cl)cc1)c1ccccc1. The minimum absolute atomic E-state index is 0.203. The molecular formula is C22H14ClF5. The van der Waals surface area contributed by atoms with Gasteiger partial charge in [-0.15, -0.1) is 0 Å². The highest BCUT2D eigenvalue weighted by Crippen LogP contribution is 2.49. The molecular weight excluding hydrogens is 395 g/mol. The van der Waals surface area contributed by atoms with Crippen molar-refractivity contribution in [1.29, 1.82) is 0 Å². The number of benzene rings is 3. The van der Waals surface area contributed by atoms with Crippen LogP contribution in [0.3, 0.4) is 0 Å². The Morgan fingerprint density at radius 3 is 1.46 bits per heavy atom. The average Bonchev–Trinajstić information content (AvgIpc) is 2.67. The Morgan fingerprint density at radius 2 is 1.00 bits per heavy atom. The molecule has 0 nitrogen and oxygen atoms in total. The highest BCUT2D eigenvalue weighted by molar-refractivity contribution is 6.30. The van der Waals surface area contributed by atoms with Gasteiger partial charge >= 0.3 is 12.1 Å². The number of rotatable bonds is 4.